The molecule has 0 bridgehead atoms. The van der Waals surface area contributed by atoms with E-state index in [1.807, 2.05) is 18.8 Å². The molecule has 0 saturated carbocycles. The molecule has 0 fully saturated rings. The molecule has 4 nitrogen and oxygen atoms in total. The Morgan fingerprint density at radius 3 is 2.95 bits per heavy atom. The molecule has 0 amide bonds. The number of hydrogen-bond donors (Lipinski definition) is 1. The lowest BCUT2D eigenvalue weighted by atomic mass is 10.1. The van der Waals surface area contributed by atoms with Crippen LogP contribution in [0.5, 0.6) is 0 Å². The summed E-state index contributed by atoms with van der Waals surface area (Å²) < 4.78 is 13.2. The lowest BCUT2D eigenvalue weighted by molar-refractivity contribution is 0.253. The Bertz CT molecular complexity index is 844. The lowest BCUT2D eigenvalue weighted by Gasteiger charge is -2.23. The number of pyridine rings is 1. The second kappa shape index (κ2) is 5.98. The van der Waals surface area contributed by atoms with Crippen LogP contribution in [0.3, 0.4) is 0 Å². The molecule has 22 heavy (non-hydrogen) atoms. The van der Waals surface area contributed by atoms with E-state index >= 15 is 0 Å². The zero-order chi connectivity index (χ0) is 15.7. The van der Waals surface area contributed by atoms with Gasteiger partial charge in [0.1, 0.15) is 5.82 Å². The van der Waals surface area contributed by atoms with Crippen LogP contribution in [0.4, 0.5) is 4.39 Å². The maximum atomic E-state index is 13.2. The molecule has 0 aliphatic heterocycles. The number of aromatic nitrogens is 2. The number of fused-ring (bicyclic) bond motifs is 1. The third-order valence-corrected chi connectivity index (χ3v) is 4.74. The Morgan fingerprint density at radius 2 is 2.23 bits per heavy atom. The van der Waals surface area contributed by atoms with E-state index in [2.05, 4.69) is 21.8 Å². The minimum Gasteiger partial charge on any atom is -0.357 e. The van der Waals surface area contributed by atoms with Crippen LogP contribution in [0.25, 0.3) is 10.9 Å². The van der Waals surface area contributed by atoms with Crippen LogP contribution in [0.1, 0.15) is 23.5 Å². The second-order valence-electron chi connectivity index (χ2n) is 5.34. The van der Waals surface area contributed by atoms with Gasteiger partial charge in [-0.25, -0.2) is 4.39 Å². The maximum absolute atomic E-state index is 13.2. The molecule has 3 aromatic rings. The smallest absolute Gasteiger partial charge is 0.189 e. The number of nitrogens with zero attached hydrogens (tertiary/aromatic N) is 2. The summed E-state index contributed by atoms with van der Waals surface area (Å²) in [5.74, 6) is -0.401. The van der Waals surface area contributed by atoms with Crippen LogP contribution in [-0.4, -0.2) is 21.9 Å². The topological polar surface area (TPSA) is 49.0 Å². The van der Waals surface area contributed by atoms with Gasteiger partial charge >= 0.3 is 0 Å². The number of nitrogens with one attached hydrogen (secondary N) is 1. The minimum absolute atomic E-state index is 0.165. The summed E-state index contributed by atoms with van der Waals surface area (Å²) in [5.41, 5.74) is 3.11. The van der Waals surface area contributed by atoms with Gasteiger partial charge in [-0.15, -0.1) is 11.3 Å². The Kier molecular flexibility index (Phi) is 4.04. The lowest BCUT2D eigenvalue weighted by Crippen LogP contribution is -2.22. The molecule has 0 unspecified atom stereocenters. The third-order valence-electron chi connectivity index (χ3n) is 3.79. The molecule has 3 rings (SSSR count). The molecule has 0 aliphatic rings. The van der Waals surface area contributed by atoms with Crippen molar-refractivity contribution in [2.24, 2.45) is 0 Å². The van der Waals surface area contributed by atoms with Crippen molar-refractivity contribution in [2.45, 2.75) is 19.5 Å². The van der Waals surface area contributed by atoms with E-state index in [-0.39, 0.29) is 11.5 Å². The number of aromatic amines is 1. The average Bonchev–Trinajstić information content (AvgIpc) is 3.01. The zero-order valence-electron chi connectivity index (χ0n) is 12.3. The van der Waals surface area contributed by atoms with Gasteiger partial charge in [-0.2, -0.15) is 0 Å². The molecule has 0 aliphatic carbocycles. The van der Waals surface area contributed by atoms with E-state index in [1.165, 1.54) is 23.1 Å². The first-order valence-corrected chi connectivity index (χ1v) is 7.82. The van der Waals surface area contributed by atoms with E-state index in [9.17, 15) is 9.18 Å². The van der Waals surface area contributed by atoms with Crippen LogP contribution in [0.2, 0.25) is 0 Å². The van der Waals surface area contributed by atoms with Crippen molar-refractivity contribution < 1.29 is 4.39 Å². The molecular weight excluding hydrogens is 301 g/mol. The van der Waals surface area contributed by atoms with Gasteiger partial charge in [0.25, 0.3) is 0 Å². The van der Waals surface area contributed by atoms with Gasteiger partial charge in [-0.1, -0.05) is 0 Å². The van der Waals surface area contributed by atoms with Crippen LogP contribution in [-0.2, 0) is 6.54 Å². The number of hydrogen-bond acceptors (Lipinski definition) is 4. The average molecular weight is 317 g/mol. The van der Waals surface area contributed by atoms with Gasteiger partial charge in [0.05, 0.1) is 5.51 Å². The van der Waals surface area contributed by atoms with Gasteiger partial charge in [0.2, 0.25) is 0 Å². The summed E-state index contributed by atoms with van der Waals surface area (Å²) in [6.07, 6.45) is 1.86. The Labute approximate surface area is 131 Å². The Balaban J connectivity index is 1.88. The van der Waals surface area contributed by atoms with Crippen molar-refractivity contribution in [1.29, 1.82) is 0 Å². The van der Waals surface area contributed by atoms with Gasteiger partial charge in [0, 0.05) is 46.3 Å². The summed E-state index contributed by atoms with van der Waals surface area (Å²) in [7, 11) is 2.00. The van der Waals surface area contributed by atoms with Crippen molar-refractivity contribution in [3.05, 3.63) is 62.6 Å². The summed E-state index contributed by atoms with van der Waals surface area (Å²) in [6, 6.07) is 5.97. The molecule has 114 valence electrons. The van der Waals surface area contributed by atoms with Gasteiger partial charge in [-0.3, -0.25) is 14.7 Å². The molecule has 1 aromatic carbocycles. The minimum atomic E-state index is -0.401. The maximum Gasteiger partial charge on any atom is 0.189 e. The highest BCUT2D eigenvalue weighted by Crippen LogP contribution is 2.23. The molecule has 6 heteroatoms. The number of thiazole rings is 1. The first-order valence-electron chi connectivity index (χ1n) is 6.94. The van der Waals surface area contributed by atoms with Crippen LogP contribution < -0.4 is 5.43 Å². The van der Waals surface area contributed by atoms with Gasteiger partial charge in [-0.05, 0) is 32.2 Å². The zero-order valence-corrected chi connectivity index (χ0v) is 13.2. The number of benzene rings is 1. The Morgan fingerprint density at radius 1 is 1.41 bits per heavy atom. The summed E-state index contributed by atoms with van der Waals surface area (Å²) in [6.45, 7) is 2.70. The predicted octanol–water partition coefficient (Wildman–Crippen LogP) is 3.32. The van der Waals surface area contributed by atoms with Crippen molar-refractivity contribution in [3.8, 4) is 0 Å². The van der Waals surface area contributed by atoms with E-state index in [0.717, 1.165) is 5.69 Å². The highest BCUT2D eigenvalue weighted by molar-refractivity contribution is 7.09. The fourth-order valence-electron chi connectivity index (χ4n) is 2.41. The molecular formula is C16H16FN3OS. The predicted molar refractivity (Wildman–Crippen MR) is 86.5 cm³/mol. The SMILES string of the molecule is C[C@H](c1cncs1)N(C)Cc1cc(=O)c2cc(F)ccc2[nH]1. The van der Waals surface area contributed by atoms with E-state index in [4.69, 9.17) is 0 Å². The summed E-state index contributed by atoms with van der Waals surface area (Å²) in [5, 5.41) is 0.377. The molecule has 2 aromatic heterocycles. The summed E-state index contributed by atoms with van der Waals surface area (Å²) in [4.78, 5) is 22.7. The van der Waals surface area contributed by atoms with Crippen LogP contribution >= 0.6 is 11.3 Å². The first-order chi connectivity index (χ1) is 10.5. The molecule has 0 saturated heterocycles. The van der Waals surface area contributed by atoms with E-state index in [0.29, 0.717) is 17.4 Å². The van der Waals surface area contributed by atoms with Crippen LogP contribution in [0.15, 0.2) is 40.8 Å². The molecule has 1 atom stereocenters. The van der Waals surface area contributed by atoms with Crippen molar-refractivity contribution in [2.75, 3.05) is 7.05 Å². The van der Waals surface area contributed by atoms with E-state index in [1.54, 1.807) is 17.4 Å². The standard InChI is InChI=1S/C16H16FN3OS/c1-10(16-7-18-9-22-16)20(2)8-12-6-15(21)13-5-11(17)3-4-14(13)19-12/h3-7,9-10H,8H2,1-2H3,(H,19,21)/t10-/m1/s1. The van der Waals surface area contributed by atoms with Crippen LogP contribution in [0, 0.1) is 5.82 Å². The molecule has 0 radical (unpaired) electrons. The van der Waals surface area contributed by atoms with Gasteiger partial charge < -0.3 is 4.98 Å². The number of rotatable bonds is 4. The highest BCUT2D eigenvalue weighted by Gasteiger charge is 2.14. The van der Waals surface area contributed by atoms with Crippen molar-refractivity contribution >= 4 is 22.2 Å². The number of halogens is 1. The fraction of sp³-hybridized carbons (Fsp3) is 0.250. The first kappa shape index (κ1) is 14.9. The molecule has 1 N–H and O–H groups in total. The normalized spacial score (nSPS) is 12.9. The van der Waals surface area contributed by atoms with E-state index < -0.39 is 5.82 Å². The summed E-state index contributed by atoms with van der Waals surface area (Å²) >= 11 is 1.61. The highest BCUT2D eigenvalue weighted by atomic mass is 32.1. The quantitative estimate of drug-likeness (QED) is 0.803. The van der Waals surface area contributed by atoms with Crippen molar-refractivity contribution in [1.82, 2.24) is 14.9 Å². The van der Waals surface area contributed by atoms with Gasteiger partial charge in [0.15, 0.2) is 5.43 Å². The largest absolute Gasteiger partial charge is 0.357 e. The molecule has 0 spiro atoms. The Hall–Kier alpha value is -2.05. The van der Waals surface area contributed by atoms with Crippen molar-refractivity contribution in [3.63, 3.8) is 0 Å². The fourth-order valence-corrected chi connectivity index (χ4v) is 3.16. The monoisotopic (exact) mass is 317 g/mol. The third kappa shape index (κ3) is 2.93. The number of H-pyrrole nitrogens is 1. The second-order valence-corrected chi connectivity index (χ2v) is 6.26. The molecule has 2 heterocycles.